The van der Waals surface area contributed by atoms with Crippen LogP contribution >= 0.6 is 0 Å². The smallest absolute Gasteiger partial charge is 0.245 e. The highest BCUT2D eigenvalue weighted by Gasteiger charge is 2.40. The van der Waals surface area contributed by atoms with Gasteiger partial charge in [-0.1, -0.05) is 84.8 Å². The van der Waals surface area contributed by atoms with Crippen LogP contribution in [0.2, 0.25) is 0 Å². The van der Waals surface area contributed by atoms with E-state index in [1.807, 2.05) is 6.92 Å². The summed E-state index contributed by atoms with van der Waals surface area (Å²) in [5.41, 5.74) is 6.68. The molecule has 16 heteroatoms. The van der Waals surface area contributed by atoms with Gasteiger partial charge in [0.2, 0.25) is 41.9 Å². The molecule has 2 fully saturated rings. The fourth-order valence-corrected chi connectivity index (χ4v) is 9.43. The molecule has 2 aliphatic heterocycles. The van der Waals surface area contributed by atoms with Crippen molar-refractivity contribution >= 4 is 41.9 Å². The molecule has 0 radical (unpaired) electrons. The van der Waals surface area contributed by atoms with Gasteiger partial charge in [-0.3, -0.25) is 33.6 Å². The first-order valence-electron chi connectivity index (χ1n) is 25.7. The van der Waals surface area contributed by atoms with Gasteiger partial charge in [0.15, 0.2) is 0 Å². The fraction of sp³-hybridized carbons (Fsp3) is 0.745. The van der Waals surface area contributed by atoms with E-state index < -0.39 is 47.9 Å². The van der Waals surface area contributed by atoms with E-state index in [1.165, 1.54) is 60.5 Å². The van der Waals surface area contributed by atoms with Crippen molar-refractivity contribution in [2.24, 2.45) is 17.6 Å². The van der Waals surface area contributed by atoms with Crippen molar-refractivity contribution in [3.63, 3.8) is 0 Å². The Bertz CT molecular complexity index is 1680. The number of rotatable bonds is 33. The molecule has 0 bridgehead atoms. The van der Waals surface area contributed by atoms with Crippen molar-refractivity contribution in [3.05, 3.63) is 29.8 Å². The van der Waals surface area contributed by atoms with Crippen LogP contribution in [0.15, 0.2) is 24.3 Å². The lowest BCUT2D eigenvalue weighted by molar-refractivity contribution is -0.143. The van der Waals surface area contributed by atoms with Crippen LogP contribution in [0.25, 0.3) is 0 Å². The number of likely N-dealkylation sites (tertiary alicyclic amines) is 2. The van der Waals surface area contributed by atoms with Crippen molar-refractivity contribution in [2.75, 3.05) is 26.2 Å². The van der Waals surface area contributed by atoms with Gasteiger partial charge in [0.25, 0.3) is 0 Å². The maximum atomic E-state index is 14.2. The zero-order valence-electron chi connectivity index (χ0n) is 41.5. The Morgan fingerprint density at radius 2 is 1.33 bits per heavy atom. The zero-order chi connectivity index (χ0) is 49.1. The van der Waals surface area contributed by atoms with E-state index in [4.69, 9.17) is 5.73 Å². The van der Waals surface area contributed by atoms with Crippen molar-refractivity contribution in [2.45, 2.75) is 206 Å². The number of amides is 7. The summed E-state index contributed by atoms with van der Waals surface area (Å²) in [4.78, 5) is 95.9. The zero-order valence-corrected chi connectivity index (χ0v) is 41.5. The third-order valence-electron chi connectivity index (χ3n) is 13.6. The van der Waals surface area contributed by atoms with Gasteiger partial charge in [0, 0.05) is 32.1 Å². The molecule has 0 saturated carbocycles. The van der Waals surface area contributed by atoms with Crippen LogP contribution in [0.1, 0.15) is 169 Å². The maximum absolute atomic E-state index is 14.2. The second-order valence-electron chi connectivity index (χ2n) is 19.3. The highest BCUT2D eigenvalue weighted by molar-refractivity contribution is 5.96. The summed E-state index contributed by atoms with van der Waals surface area (Å²) in [7, 11) is 0. The number of nitrogens with zero attached hydrogens (tertiary/aromatic N) is 2. The normalized spacial score (nSPS) is 18.5. The predicted octanol–water partition coefficient (Wildman–Crippen LogP) is 5.13. The molecule has 2 saturated heterocycles. The lowest BCUT2D eigenvalue weighted by Gasteiger charge is -2.31. The molecule has 1 aromatic rings. The van der Waals surface area contributed by atoms with E-state index in [0.29, 0.717) is 90.3 Å². The highest BCUT2D eigenvalue weighted by atomic mass is 16.3. The summed E-state index contributed by atoms with van der Waals surface area (Å²) >= 11 is 0. The van der Waals surface area contributed by atoms with Crippen LogP contribution in [0, 0.1) is 11.8 Å². The van der Waals surface area contributed by atoms with E-state index in [2.05, 4.69) is 47.4 Å². The average Bonchev–Trinajstić information content (AvgIpc) is 4.02. The first-order chi connectivity index (χ1) is 32.2. The van der Waals surface area contributed by atoms with Crippen LogP contribution in [0.5, 0.6) is 5.75 Å². The summed E-state index contributed by atoms with van der Waals surface area (Å²) in [5, 5.41) is 24.2. The number of aryl methyl sites for hydroxylation is 1. The number of benzene rings is 1. The molecule has 0 aromatic heterocycles. The molecule has 0 spiro atoms. The summed E-state index contributed by atoms with van der Waals surface area (Å²) in [6.45, 7) is 12.0. The van der Waals surface area contributed by atoms with Gasteiger partial charge in [0.05, 0.1) is 0 Å². The number of carbonyl (C=O) groups excluding carboxylic acids is 7. The second-order valence-corrected chi connectivity index (χ2v) is 19.3. The number of hydrogen-bond donors (Lipinski definition) is 7. The highest BCUT2D eigenvalue weighted by Crippen LogP contribution is 2.23. The Balaban J connectivity index is 1.52. The molecule has 7 amide bonds. The van der Waals surface area contributed by atoms with E-state index >= 15 is 0 Å². The van der Waals surface area contributed by atoms with Gasteiger partial charge in [-0.25, -0.2) is 0 Å². The van der Waals surface area contributed by atoms with Gasteiger partial charge >= 0.3 is 0 Å². The topological polar surface area (TPSA) is 232 Å². The van der Waals surface area contributed by atoms with Crippen LogP contribution in [-0.2, 0) is 40.0 Å². The summed E-state index contributed by atoms with van der Waals surface area (Å²) in [6, 6.07) is 2.04. The summed E-state index contributed by atoms with van der Waals surface area (Å²) < 4.78 is 0. The van der Waals surface area contributed by atoms with Crippen LogP contribution in [0.3, 0.4) is 0 Å². The molecule has 8 N–H and O–H groups in total. The molecule has 8 atom stereocenters. The van der Waals surface area contributed by atoms with Crippen LogP contribution in [-0.4, -0.2) is 119 Å². The van der Waals surface area contributed by atoms with Crippen molar-refractivity contribution in [1.82, 2.24) is 36.4 Å². The lowest BCUT2D eigenvalue weighted by Crippen LogP contribution is -2.58. The van der Waals surface area contributed by atoms with Crippen molar-refractivity contribution in [1.29, 1.82) is 0 Å². The quantitative estimate of drug-likeness (QED) is 0.0365. The molecule has 0 aliphatic carbocycles. The third-order valence-corrected chi connectivity index (χ3v) is 13.6. The standard InChI is InChI=1S/C51H86N8O8/c1-6-36(3)34-37(4)18-12-10-8-9-11-13-23-46(62)55-38(5)19-15-31-53-48(64)44-21-16-32-58(44)51(67)43(20-14-30-52)57-47(63)42(29-26-39-24-27-40(61)28-25-39)56-49(65)45-22-17-33-59(45)50(66)41(7-2)54-35-60/h24-25,27-28,35-38,41-45,61H,6-23,26,29-34,52H2,1-5H3,(H,53,64)(H,54,60)(H,55,62)(H,56,65)(H,57,63). The number of unbranched alkanes of at least 4 members (excludes halogenated alkanes) is 5. The molecule has 8 unspecified atom stereocenters. The van der Waals surface area contributed by atoms with Crippen molar-refractivity contribution < 1.29 is 38.7 Å². The van der Waals surface area contributed by atoms with Gasteiger partial charge in [0.1, 0.15) is 36.0 Å². The molecule has 3 rings (SSSR count). The number of hydrogen-bond acceptors (Lipinski definition) is 9. The molecule has 2 aliphatic rings. The molecular weight excluding hydrogens is 853 g/mol. The monoisotopic (exact) mass is 939 g/mol. The largest absolute Gasteiger partial charge is 0.508 e. The van der Waals surface area contributed by atoms with Crippen molar-refractivity contribution in [3.8, 4) is 5.75 Å². The van der Waals surface area contributed by atoms with Gasteiger partial charge < -0.3 is 47.2 Å². The van der Waals surface area contributed by atoms with E-state index in [1.54, 1.807) is 19.1 Å². The second kappa shape index (κ2) is 31.3. The Hall–Kier alpha value is -4.73. The third kappa shape index (κ3) is 20.2. The van der Waals surface area contributed by atoms with E-state index in [0.717, 1.165) is 36.7 Å². The number of phenolic OH excluding ortho intramolecular Hbond substituents is 1. The first-order valence-corrected chi connectivity index (χ1v) is 25.7. The number of nitrogens with two attached hydrogens (primary N) is 1. The molecule has 1 aromatic carbocycles. The van der Waals surface area contributed by atoms with E-state index in [9.17, 15) is 38.7 Å². The number of carbonyl (C=O) groups is 7. The minimum Gasteiger partial charge on any atom is -0.508 e. The Kier molecular flexibility index (Phi) is 26.5. The van der Waals surface area contributed by atoms with Crippen LogP contribution < -0.4 is 32.3 Å². The van der Waals surface area contributed by atoms with Gasteiger partial charge in [-0.15, -0.1) is 0 Å². The molecular formula is C51H86N8O8. The summed E-state index contributed by atoms with van der Waals surface area (Å²) in [6.07, 6.45) is 16.6. The number of aromatic hydroxyl groups is 1. The molecule has 67 heavy (non-hydrogen) atoms. The average molecular weight is 939 g/mol. The molecule has 378 valence electrons. The maximum Gasteiger partial charge on any atom is 0.245 e. The Morgan fingerprint density at radius 3 is 1.96 bits per heavy atom. The minimum atomic E-state index is -1.09. The fourth-order valence-electron chi connectivity index (χ4n) is 9.43. The SMILES string of the molecule is CCC(C)CC(C)CCCCCCCCC(=O)NC(C)CCCNC(=O)C1CCCN1C(=O)C(CCCN)NC(=O)C(CCc1ccc(O)cc1)NC(=O)C1CCCN1C(=O)C(CC)NC=O. The summed E-state index contributed by atoms with van der Waals surface area (Å²) in [5.74, 6) is -0.393. The van der Waals surface area contributed by atoms with Crippen LogP contribution in [0.4, 0.5) is 0 Å². The lowest BCUT2D eigenvalue weighted by atomic mass is 9.91. The Labute approximate surface area is 400 Å². The number of nitrogens with one attached hydrogen (secondary N) is 5. The predicted molar refractivity (Wildman–Crippen MR) is 261 cm³/mol. The number of phenols is 1. The minimum absolute atomic E-state index is 0.0355. The molecule has 16 nitrogen and oxygen atoms in total. The van der Waals surface area contributed by atoms with Gasteiger partial charge in [-0.05, 0) is 126 Å². The Morgan fingerprint density at radius 1 is 0.701 bits per heavy atom. The first kappa shape index (κ1) is 56.6. The molecule has 2 heterocycles. The van der Waals surface area contributed by atoms with E-state index in [-0.39, 0.29) is 48.9 Å². The van der Waals surface area contributed by atoms with Gasteiger partial charge in [-0.2, -0.15) is 0 Å².